The molecule has 0 fully saturated rings. The van der Waals surface area contributed by atoms with E-state index >= 15 is 0 Å². The summed E-state index contributed by atoms with van der Waals surface area (Å²) in [4.78, 5) is 0. The maximum Gasteiger partial charge on any atom is 0.143 e. The molecule has 4 heteroatoms. The van der Waals surface area contributed by atoms with Crippen LogP contribution in [0.2, 0.25) is 10.0 Å². The first-order valence-electron chi connectivity index (χ1n) is 4.33. The summed E-state index contributed by atoms with van der Waals surface area (Å²) >= 11 is 11.3. The Balaban J connectivity index is 3.12. The summed E-state index contributed by atoms with van der Waals surface area (Å²) in [5.41, 5.74) is 6.53. The number of hydrogen-bond acceptors (Lipinski definition) is 1. The van der Waals surface area contributed by atoms with Crippen molar-refractivity contribution in [2.75, 3.05) is 0 Å². The lowest BCUT2D eigenvalue weighted by atomic mass is 9.97. The summed E-state index contributed by atoms with van der Waals surface area (Å²) in [5.74, 6) is -0.295. The van der Waals surface area contributed by atoms with Gasteiger partial charge in [0.15, 0.2) is 0 Å². The van der Waals surface area contributed by atoms with Gasteiger partial charge in [0.1, 0.15) is 5.82 Å². The van der Waals surface area contributed by atoms with E-state index in [0.29, 0.717) is 5.56 Å². The van der Waals surface area contributed by atoms with E-state index in [4.69, 9.17) is 28.9 Å². The molecule has 0 saturated carbocycles. The smallest absolute Gasteiger partial charge is 0.143 e. The van der Waals surface area contributed by atoms with Gasteiger partial charge in [0.05, 0.1) is 10.0 Å². The topological polar surface area (TPSA) is 26.0 Å². The fourth-order valence-corrected chi connectivity index (χ4v) is 1.48. The normalized spacial score (nSPS) is 13.4. The second kappa shape index (κ2) is 4.47. The minimum absolute atomic E-state index is 0.0497. The van der Waals surface area contributed by atoms with Crippen molar-refractivity contribution in [3.05, 3.63) is 33.6 Å². The summed E-state index contributed by atoms with van der Waals surface area (Å²) in [5, 5.41) is 0.157. The van der Waals surface area contributed by atoms with Crippen molar-refractivity contribution in [3.63, 3.8) is 0 Å². The summed E-state index contributed by atoms with van der Waals surface area (Å²) < 4.78 is 13.2. The molecule has 0 aliphatic heterocycles. The van der Waals surface area contributed by atoms with Crippen LogP contribution in [0, 0.1) is 11.7 Å². The molecule has 1 aromatic carbocycles. The van der Waals surface area contributed by atoms with Crippen molar-refractivity contribution in [2.45, 2.75) is 19.9 Å². The maximum atomic E-state index is 13.2. The number of hydrogen-bond donors (Lipinski definition) is 1. The first-order chi connectivity index (χ1) is 6.43. The van der Waals surface area contributed by atoms with Crippen LogP contribution in [0.3, 0.4) is 0 Å². The molecule has 1 rings (SSSR count). The number of benzene rings is 1. The molecular weight excluding hydrogens is 224 g/mol. The highest BCUT2D eigenvalue weighted by molar-refractivity contribution is 6.42. The molecular formula is C10H12Cl2FN. The monoisotopic (exact) mass is 235 g/mol. The molecule has 78 valence electrons. The van der Waals surface area contributed by atoms with Crippen LogP contribution in [0.15, 0.2) is 12.1 Å². The van der Waals surface area contributed by atoms with Crippen molar-refractivity contribution in [1.82, 2.24) is 0 Å². The Bertz CT molecular complexity index is 316. The van der Waals surface area contributed by atoms with Gasteiger partial charge in [0.25, 0.3) is 0 Å². The van der Waals surface area contributed by atoms with Crippen LogP contribution < -0.4 is 5.73 Å². The quantitative estimate of drug-likeness (QED) is 0.776. The van der Waals surface area contributed by atoms with Gasteiger partial charge in [-0.15, -0.1) is 0 Å². The molecule has 1 nitrogen and oxygen atoms in total. The second-order valence-electron chi connectivity index (χ2n) is 3.57. The van der Waals surface area contributed by atoms with Gasteiger partial charge in [0.2, 0.25) is 0 Å². The van der Waals surface area contributed by atoms with Crippen LogP contribution >= 0.6 is 23.2 Å². The zero-order valence-corrected chi connectivity index (χ0v) is 9.53. The zero-order valence-electron chi connectivity index (χ0n) is 8.02. The van der Waals surface area contributed by atoms with Gasteiger partial charge in [-0.3, -0.25) is 0 Å². The third-order valence-corrected chi connectivity index (χ3v) is 2.89. The van der Waals surface area contributed by atoms with E-state index in [-0.39, 0.29) is 22.0 Å². The Morgan fingerprint density at radius 2 is 1.86 bits per heavy atom. The summed E-state index contributed by atoms with van der Waals surface area (Å²) in [6.45, 7) is 3.93. The van der Waals surface area contributed by atoms with Crippen molar-refractivity contribution < 1.29 is 4.39 Å². The summed E-state index contributed by atoms with van der Waals surface area (Å²) in [6.07, 6.45) is 0. The first-order valence-corrected chi connectivity index (χ1v) is 5.09. The van der Waals surface area contributed by atoms with Crippen molar-refractivity contribution in [1.29, 1.82) is 0 Å². The highest BCUT2D eigenvalue weighted by Gasteiger charge is 2.14. The van der Waals surface area contributed by atoms with Gasteiger partial charge in [-0.25, -0.2) is 4.39 Å². The molecule has 1 atom stereocenters. The van der Waals surface area contributed by atoms with E-state index in [9.17, 15) is 4.39 Å². The molecule has 0 aromatic heterocycles. The van der Waals surface area contributed by atoms with E-state index in [1.165, 1.54) is 6.07 Å². The average Bonchev–Trinajstić information content (AvgIpc) is 2.12. The largest absolute Gasteiger partial charge is 0.324 e. The maximum absolute atomic E-state index is 13.2. The van der Waals surface area contributed by atoms with E-state index in [1.807, 2.05) is 13.8 Å². The van der Waals surface area contributed by atoms with E-state index in [0.717, 1.165) is 0 Å². The van der Waals surface area contributed by atoms with Gasteiger partial charge in [-0.1, -0.05) is 37.0 Å². The second-order valence-corrected chi connectivity index (χ2v) is 4.35. The van der Waals surface area contributed by atoms with Crippen molar-refractivity contribution >= 4 is 23.2 Å². The Morgan fingerprint density at radius 3 is 2.29 bits per heavy atom. The van der Waals surface area contributed by atoms with Crippen molar-refractivity contribution in [3.8, 4) is 0 Å². The van der Waals surface area contributed by atoms with E-state index < -0.39 is 5.82 Å². The predicted molar refractivity (Wildman–Crippen MR) is 58.2 cm³/mol. The molecule has 0 bridgehead atoms. The van der Waals surface area contributed by atoms with Crippen LogP contribution in [0.5, 0.6) is 0 Å². The SMILES string of the molecule is CC(C)[C@H](N)c1cc(F)c(Cl)c(Cl)c1. The van der Waals surface area contributed by atoms with Crippen LogP contribution in [0.4, 0.5) is 4.39 Å². The minimum atomic E-state index is -0.523. The molecule has 1 aromatic rings. The molecule has 0 aliphatic carbocycles. The summed E-state index contributed by atoms with van der Waals surface area (Å²) in [7, 11) is 0. The van der Waals surface area contributed by atoms with Gasteiger partial charge in [-0.2, -0.15) is 0 Å². The molecule has 0 radical (unpaired) electrons. The number of rotatable bonds is 2. The fraction of sp³-hybridized carbons (Fsp3) is 0.400. The molecule has 0 spiro atoms. The molecule has 0 amide bonds. The van der Waals surface area contributed by atoms with Crippen molar-refractivity contribution in [2.24, 2.45) is 11.7 Å². The highest BCUT2D eigenvalue weighted by Crippen LogP contribution is 2.30. The number of nitrogens with two attached hydrogens (primary N) is 1. The third kappa shape index (κ3) is 2.38. The lowest BCUT2D eigenvalue weighted by Gasteiger charge is -2.16. The average molecular weight is 236 g/mol. The lowest BCUT2D eigenvalue weighted by Crippen LogP contribution is -2.16. The highest BCUT2D eigenvalue weighted by atomic mass is 35.5. The van der Waals surface area contributed by atoms with Crippen LogP contribution in [-0.2, 0) is 0 Å². The Labute approximate surface area is 93.0 Å². The fourth-order valence-electron chi connectivity index (χ4n) is 1.15. The van der Waals surface area contributed by atoms with E-state index in [1.54, 1.807) is 6.07 Å². The summed E-state index contributed by atoms with van der Waals surface area (Å²) in [6, 6.07) is 2.72. The first kappa shape index (κ1) is 11.8. The Hall–Kier alpha value is -0.310. The third-order valence-electron chi connectivity index (χ3n) is 2.11. The predicted octanol–water partition coefficient (Wildman–Crippen LogP) is 3.79. The molecule has 14 heavy (non-hydrogen) atoms. The van der Waals surface area contributed by atoms with Gasteiger partial charge < -0.3 is 5.73 Å². The lowest BCUT2D eigenvalue weighted by molar-refractivity contribution is 0.510. The van der Waals surface area contributed by atoms with Crippen LogP contribution in [0.1, 0.15) is 25.5 Å². The molecule has 0 unspecified atom stereocenters. The van der Waals surface area contributed by atoms with Gasteiger partial charge in [0, 0.05) is 6.04 Å². The van der Waals surface area contributed by atoms with Crippen LogP contribution in [-0.4, -0.2) is 0 Å². The molecule has 0 heterocycles. The van der Waals surface area contributed by atoms with Gasteiger partial charge >= 0.3 is 0 Å². The molecule has 0 aliphatic rings. The Kier molecular flexibility index (Phi) is 3.76. The molecule has 0 saturated heterocycles. The minimum Gasteiger partial charge on any atom is -0.324 e. The van der Waals surface area contributed by atoms with Gasteiger partial charge in [-0.05, 0) is 23.6 Å². The van der Waals surface area contributed by atoms with Crippen LogP contribution in [0.25, 0.3) is 0 Å². The number of halogens is 3. The Morgan fingerprint density at radius 1 is 1.29 bits per heavy atom. The zero-order chi connectivity index (χ0) is 10.9. The standard InChI is InChI=1S/C10H12Cl2FN/c1-5(2)10(14)6-3-7(11)9(12)8(13)4-6/h3-5,10H,14H2,1-2H3/t10-/m0/s1. The molecule has 2 N–H and O–H groups in total. The van der Waals surface area contributed by atoms with E-state index in [2.05, 4.69) is 0 Å².